The Kier molecular flexibility index (Phi) is 6.21. The van der Waals surface area contributed by atoms with Crippen LogP contribution in [-0.4, -0.2) is 11.7 Å². The Morgan fingerprint density at radius 3 is 2.29 bits per heavy atom. The van der Waals surface area contributed by atoms with Gasteiger partial charge in [-0.2, -0.15) is 0 Å². The second kappa shape index (κ2) is 7.46. The number of rotatable bonds is 5. The van der Waals surface area contributed by atoms with E-state index < -0.39 is 0 Å². The van der Waals surface area contributed by atoms with Gasteiger partial charge in [-0.05, 0) is 29.8 Å². The van der Waals surface area contributed by atoms with E-state index in [2.05, 4.69) is 0 Å². The van der Waals surface area contributed by atoms with Crippen LogP contribution in [0, 0.1) is 5.41 Å². The van der Waals surface area contributed by atoms with Crippen molar-refractivity contribution < 1.29 is 9.84 Å². The van der Waals surface area contributed by atoms with Crippen LogP contribution in [-0.2, 0) is 0 Å². The van der Waals surface area contributed by atoms with Gasteiger partial charge < -0.3 is 15.6 Å². The molecule has 0 fully saturated rings. The highest BCUT2D eigenvalue weighted by Crippen LogP contribution is 2.33. The Balaban J connectivity index is 0.00000220. The molecule has 2 rings (SSSR count). The number of nitrogens with two attached hydrogens (primary N) is 1. The van der Waals surface area contributed by atoms with Crippen LogP contribution in [0.5, 0.6) is 11.5 Å². The van der Waals surface area contributed by atoms with Crippen LogP contribution >= 0.6 is 12.4 Å². The predicted molar refractivity (Wildman–Crippen MR) is 88.0 cm³/mol. The molecule has 0 saturated heterocycles. The largest absolute Gasteiger partial charge is 0.457 e. The Labute approximate surface area is 132 Å². The molecule has 1 atom stereocenters. The predicted octanol–water partition coefficient (Wildman–Crippen LogP) is 3.92. The van der Waals surface area contributed by atoms with E-state index in [-0.39, 0.29) is 30.5 Å². The third kappa shape index (κ3) is 4.46. The second-order valence-corrected chi connectivity index (χ2v) is 5.61. The normalized spacial score (nSPS) is 12.4. The second-order valence-electron chi connectivity index (χ2n) is 5.61. The van der Waals surface area contributed by atoms with Crippen LogP contribution < -0.4 is 10.5 Å². The first-order valence-electron chi connectivity index (χ1n) is 6.72. The minimum atomic E-state index is -0.370. The molecule has 0 spiro atoms. The summed E-state index contributed by atoms with van der Waals surface area (Å²) in [4.78, 5) is 0. The van der Waals surface area contributed by atoms with Crippen LogP contribution in [0.4, 0.5) is 0 Å². The van der Waals surface area contributed by atoms with E-state index in [1.165, 1.54) is 0 Å². The first kappa shape index (κ1) is 17.5. The van der Waals surface area contributed by atoms with Gasteiger partial charge in [0.25, 0.3) is 0 Å². The maximum Gasteiger partial charge on any atom is 0.127 e. The lowest BCUT2D eigenvalue weighted by molar-refractivity contribution is 0.132. The minimum absolute atomic E-state index is 0. The molecule has 0 saturated carbocycles. The van der Waals surface area contributed by atoms with Crippen LogP contribution in [0.25, 0.3) is 0 Å². The molecule has 0 unspecified atom stereocenters. The molecular weight excluding hydrogens is 286 g/mol. The molecule has 0 aliphatic carbocycles. The van der Waals surface area contributed by atoms with Crippen molar-refractivity contribution in [3.05, 3.63) is 60.2 Å². The zero-order valence-electron chi connectivity index (χ0n) is 12.3. The zero-order valence-corrected chi connectivity index (χ0v) is 13.1. The molecule has 0 aromatic heterocycles. The molecule has 2 aromatic carbocycles. The Morgan fingerprint density at radius 2 is 1.67 bits per heavy atom. The molecule has 0 bridgehead atoms. The van der Waals surface area contributed by atoms with Gasteiger partial charge in [0.1, 0.15) is 11.5 Å². The van der Waals surface area contributed by atoms with Gasteiger partial charge in [0.15, 0.2) is 0 Å². The van der Waals surface area contributed by atoms with Crippen molar-refractivity contribution in [2.24, 2.45) is 11.1 Å². The summed E-state index contributed by atoms with van der Waals surface area (Å²) >= 11 is 0. The highest BCUT2D eigenvalue weighted by molar-refractivity contribution is 5.85. The lowest BCUT2D eigenvalue weighted by atomic mass is 9.82. The van der Waals surface area contributed by atoms with Crippen molar-refractivity contribution in [2.75, 3.05) is 6.61 Å². The highest BCUT2D eigenvalue weighted by atomic mass is 35.5. The minimum Gasteiger partial charge on any atom is -0.457 e. The molecule has 3 nitrogen and oxygen atoms in total. The number of hydrogen-bond acceptors (Lipinski definition) is 3. The fourth-order valence-corrected chi connectivity index (χ4v) is 1.95. The van der Waals surface area contributed by atoms with Crippen molar-refractivity contribution in [3.63, 3.8) is 0 Å². The third-order valence-corrected chi connectivity index (χ3v) is 3.45. The van der Waals surface area contributed by atoms with Crippen LogP contribution in [0.2, 0.25) is 0 Å². The SMILES string of the molecule is CC(C)(CO)[C@@H](N)c1cccc(Oc2ccccc2)c1.Cl. The molecule has 0 aliphatic rings. The van der Waals surface area contributed by atoms with E-state index in [1.807, 2.05) is 68.4 Å². The van der Waals surface area contributed by atoms with Crippen molar-refractivity contribution >= 4 is 12.4 Å². The summed E-state index contributed by atoms with van der Waals surface area (Å²) in [6, 6.07) is 17.1. The monoisotopic (exact) mass is 307 g/mol. The maximum atomic E-state index is 9.42. The molecule has 0 aliphatic heterocycles. The molecule has 0 radical (unpaired) electrons. The van der Waals surface area contributed by atoms with E-state index in [1.54, 1.807) is 0 Å². The smallest absolute Gasteiger partial charge is 0.127 e. The van der Waals surface area contributed by atoms with Crippen molar-refractivity contribution in [1.82, 2.24) is 0 Å². The van der Waals surface area contributed by atoms with Gasteiger partial charge in [0.05, 0.1) is 0 Å². The molecule has 3 N–H and O–H groups in total. The molecule has 0 heterocycles. The van der Waals surface area contributed by atoms with Gasteiger partial charge in [-0.15, -0.1) is 12.4 Å². The van der Waals surface area contributed by atoms with Gasteiger partial charge in [-0.1, -0.05) is 44.2 Å². The summed E-state index contributed by atoms with van der Waals surface area (Å²) in [7, 11) is 0. The highest BCUT2D eigenvalue weighted by Gasteiger charge is 2.27. The molecule has 2 aromatic rings. The third-order valence-electron chi connectivity index (χ3n) is 3.45. The zero-order chi connectivity index (χ0) is 14.6. The summed E-state index contributed by atoms with van der Waals surface area (Å²) < 4.78 is 5.80. The fourth-order valence-electron chi connectivity index (χ4n) is 1.95. The van der Waals surface area contributed by atoms with Crippen molar-refractivity contribution in [1.29, 1.82) is 0 Å². The molecule has 4 heteroatoms. The molecular formula is C17H22ClNO2. The number of aliphatic hydroxyl groups is 1. The molecule has 21 heavy (non-hydrogen) atoms. The number of aliphatic hydroxyl groups excluding tert-OH is 1. The Morgan fingerprint density at radius 1 is 1.05 bits per heavy atom. The van der Waals surface area contributed by atoms with E-state index in [4.69, 9.17) is 10.5 Å². The topological polar surface area (TPSA) is 55.5 Å². The van der Waals surface area contributed by atoms with Gasteiger partial charge >= 0.3 is 0 Å². The quantitative estimate of drug-likeness (QED) is 0.880. The standard InChI is InChI=1S/C17H21NO2.ClH/c1-17(2,12-19)16(18)13-7-6-10-15(11-13)20-14-8-4-3-5-9-14;/h3-11,16,19H,12,18H2,1-2H3;1H/t16-;/m0./s1. The summed E-state index contributed by atoms with van der Waals surface area (Å²) in [5.41, 5.74) is 6.82. The average molecular weight is 308 g/mol. The van der Waals surface area contributed by atoms with E-state index in [9.17, 15) is 5.11 Å². The lowest BCUT2D eigenvalue weighted by Gasteiger charge is -2.29. The Bertz CT molecular complexity index is 558. The van der Waals surface area contributed by atoms with Crippen molar-refractivity contribution in [3.8, 4) is 11.5 Å². The first-order valence-corrected chi connectivity index (χ1v) is 6.72. The summed E-state index contributed by atoms with van der Waals surface area (Å²) in [6.45, 7) is 3.93. The van der Waals surface area contributed by atoms with Gasteiger partial charge in [0, 0.05) is 18.1 Å². The van der Waals surface area contributed by atoms with Crippen LogP contribution in [0.15, 0.2) is 54.6 Å². The number of hydrogen-bond donors (Lipinski definition) is 2. The number of benzene rings is 2. The summed E-state index contributed by atoms with van der Waals surface area (Å²) in [6.07, 6.45) is 0. The number of halogens is 1. The van der Waals surface area contributed by atoms with E-state index in [0.29, 0.717) is 0 Å². The summed E-state index contributed by atoms with van der Waals surface area (Å²) in [5, 5.41) is 9.42. The number of para-hydroxylation sites is 1. The maximum absolute atomic E-state index is 9.42. The van der Waals surface area contributed by atoms with Crippen LogP contribution in [0.3, 0.4) is 0 Å². The van der Waals surface area contributed by atoms with Crippen LogP contribution in [0.1, 0.15) is 25.5 Å². The average Bonchev–Trinajstić information content (AvgIpc) is 2.48. The lowest BCUT2D eigenvalue weighted by Crippen LogP contribution is -2.32. The van der Waals surface area contributed by atoms with Gasteiger partial charge in [-0.25, -0.2) is 0 Å². The fraction of sp³-hybridized carbons (Fsp3) is 0.294. The van der Waals surface area contributed by atoms with Gasteiger partial charge in [0.2, 0.25) is 0 Å². The molecule has 0 amide bonds. The van der Waals surface area contributed by atoms with Gasteiger partial charge in [-0.3, -0.25) is 0 Å². The Hall–Kier alpha value is -1.55. The molecule has 114 valence electrons. The summed E-state index contributed by atoms with van der Waals surface area (Å²) in [5.74, 6) is 1.54. The van der Waals surface area contributed by atoms with E-state index >= 15 is 0 Å². The first-order chi connectivity index (χ1) is 9.53. The number of ether oxygens (including phenoxy) is 1. The van der Waals surface area contributed by atoms with E-state index in [0.717, 1.165) is 17.1 Å². The van der Waals surface area contributed by atoms with Crippen molar-refractivity contribution in [2.45, 2.75) is 19.9 Å².